The van der Waals surface area contributed by atoms with Crippen molar-refractivity contribution in [3.8, 4) is 0 Å². The zero-order valence-corrected chi connectivity index (χ0v) is 13.0. The van der Waals surface area contributed by atoms with E-state index in [9.17, 15) is 4.79 Å². The smallest absolute Gasteiger partial charge is 0.194 e. The Labute approximate surface area is 136 Å². The predicted octanol–water partition coefficient (Wildman–Crippen LogP) is 4.23. The third-order valence-corrected chi connectivity index (χ3v) is 3.71. The van der Waals surface area contributed by atoms with Crippen LogP contribution in [0.2, 0.25) is 0 Å². The number of carbonyl (C=O) groups is 1. The average molecular weight is 302 g/mol. The summed E-state index contributed by atoms with van der Waals surface area (Å²) in [5.41, 5.74) is 3.43. The van der Waals surface area contributed by atoms with Crippen molar-refractivity contribution < 1.29 is 4.79 Å². The molecule has 0 amide bonds. The molecule has 1 N–H and O–H groups in total. The summed E-state index contributed by atoms with van der Waals surface area (Å²) >= 11 is 0. The maximum atomic E-state index is 12.5. The number of anilines is 1. The third kappa shape index (κ3) is 3.64. The molecule has 23 heavy (non-hydrogen) atoms. The molecule has 3 aromatic rings. The number of carbonyl (C=O) groups excluding carboxylic acids is 1. The first-order valence-electron chi connectivity index (χ1n) is 7.58. The van der Waals surface area contributed by atoms with Crippen LogP contribution >= 0.6 is 0 Å². The Kier molecular flexibility index (Phi) is 4.48. The largest absolute Gasteiger partial charge is 0.366 e. The molecule has 0 saturated heterocycles. The van der Waals surface area contributed by atoms with Crippen LogP contribution in [0, 0.1) is 6.92 Å². The van der Waals surface area contributed by atoms with Gasteiger partial charge >= 0.3 is 0 Å². The second kappa shape index (κ2) is 6.88. The summed E-state index contributed by atoms with van der Waals surface area (Å²) in [4.78, 5) is 16.9. The van der Waals surface area contributed by atoms with Gasteiger partial charge in [0.1, 0.15) is 5.82 Å². The van der Waals surface area contributed by atoms with Crippen molar-refractivity contribution >= 4 is 11.6 Å². The van der Waals surface area contributed by atoms with Gasteiger partial charge in [-0.1, -0.05) is 60.7 Å². The van der Waals surface area contributed by atoms with E-state index in [0.29, 0.717) is 17.7 Å². The van der Waals surface area contributed by atoms with Gasteiger partial charge in [0, 0.05) is 23.9 Å². The van der Waals surface area contributed by atoms with Crippen LogP contribution in [0.3, 0.4) is 0 Å². The van der Waals surface area contributed by atoms with Crippen LogP contribution in [0.5, 0.6) is 0 Å². The van der Waals surface area contributed by atoms with Gasteiger partial charge < -0.3 is 5.32 Å². The fourth-order valence-corrected chi connectivity index (χ4v) is 2.42. The quantitative estimate of drug-likeness (QED) is 0.717. The van der Waals surface area contributed by atoms with Gasteiger partial charge in [-0.2, -0.15) is 0 Å². The number of nitrogens with zero attached hydrogens (tertiary/aromatic N) is 1. The Bertz CT molecular complexity index is 798. The van der Waals surface area contributed by atoms with Gasteiger partial charge in [-0.05, 0) is 24.1 Å². The number of nitrogens with one attached hydrogen (secondary N) is 1. The van der Waals surface area contributed by atoms with Crippen LogP contribution in [0.25, 0.3) is 0 Å². The summed E-state index contributed by atoms with van der Waals surface area (Å²) in [6, 6.07) is 21.3. The highest BCUT2D eigenvalue weighted by atomic mass is 16.1. The molecular formula is C20H18N2O. The molecule has 3 nitrogen and oxygen atoms in total. The van der Waals surface area contributed by atoms with E-state index in [-0.39, 0.29) is 5.78 Å². The van der Waals surface area contributed by atoms with Crippen molar-refractivity contribution in [3.05, 3.63) is 95.2 Å². The average Bonchev–Trinajstić information content (AvgIpc) is 2.61. The molecule has 0 bridgehead atoms. The molecule has 0 saturated carbocycles. The molecule has 1 aromatic heterocycles. The summed E-state index contributed by atoms with van der Waals surface area (Å²) in [5, 5.41) is 3.29. The van der Waals surface area contributed by atoms with Crippen molar-refractivity contribution in [2.45, 2.75) is 13.5 Å². The number of ketones is 1. The van der Waals surface area contributed by atoms with E-state index < -0.39 is 0 Å². The molecule has 0 aliphatic rings. The Balaban J connectivity index is 1.74. The number of hydrogen-bond acceptors (Lipinski definition) is 3. The number of aryl methyl sites for hydroxylation is 1. The molecule has 3 rings (SSSR count). The minimum atomic E-state index is 0.00482. The molecule has 0 fully saturated rings. The van der Waals surface area contributed by atoms with Gasteiger partial charge in [-0.25, -0.2) is 4.98 Å². The zero-order chi connectivity index (χ0) is 16.1. The van der Waals surface area contributed by atoms with Gasteiger partial charge in [-0.15, -0.1) is 0 Å². The highest BCUT2D eigenvalue weighted by molar-refractivity contribution is 6.09. The summed E-state index contributed by atoms with van der Waals surface area (Å²) in [5.74, 6) is 0.779. The molecule has 0 aliphatic carbocycles. The van der Waals surface area contributed by atoms with Crippen molar-refractivity contribution in [1.82, 2.24) is 4.98 Å². The molecule has 0 radical (unpaired) electrons. The van der Waals surface area contributed by atoms with Gasteiger partial charge in [0.05, 0.1) is 0 Å². The Morgan fingerprint density at radius 2 is 1.65 bits per heavy atom. The first kappa shape index (κ1) is 15.0. The normalized spacial score (nSPS) is 10.3. The van der Waals surface area contributed by atoms with E-state index >= 15 is 0 Å². The summed E-state index contributed by atoms with van der Waals surface area (Å²) < 4.78 is 0. The molecular weight excluding hydrogens is 284 g/mol. The maximum Gasteiger partial charge on any atom is 0.194 e. The summed E-state index contributed by atoms with van der Waals surface area (Å²) in [7, 11) is 0. The van der Waals surface area contributed by atoms with Crippen molar-refractivity contribution in [3.63, 3.8) is 0 Å². The lowest BCUT2D eigenvalue weighted by Gasteiger charge is -2.09. The molecule has 114 valence electrons. The predicted molar refractivity (Wildman–Crippen MR) is 92.6 cm³/mol. The zero-order valence-electron chi connectivity index (χ0n) is 13.0. The van der Waals surface area contributed by atoms with Gasteiger partial charge in [-0.3, -0.25) is 4.79 Å². The van der Waals surface area contributed by atoms with Crippen LogP contribution in [0.4, 0.5) is 5.82 Å². The van der Waals surface area contributed by atoms with Crippen LogP contribution in [0.15, 0.2) is 72.9 Å². The van der Waals surface area contributed by atoms with Crippen LogP contribution in [-0.4, -0.2) is 10.8 Å². The van der Waals surface area contributed by atoms with E-state index in [2.05, 4.69) is 22.4 Å². The van der Waals surface area contributed by atoms with Crippen LogP contribution < -0.4 is 5.32 Å². The number of aromatic nitrogens is 1. The highest BCUT2D eigenvalue weighted by Gasteiger charge is 2.12. The second-order valence-electron chi connectivity index (χ2n) is 5.42. The molecule has 0 spiro atoms. The van der Waals surface area contributed by atoms with E-state index in [0.717, 1.165) is 11.4 Å². The number of pyridine rings is 1. The summed E-state index contributed by atoms with van der Waals surface area (Å²) in [6.07, 6.45) is 1.65. The third-order valence-electron chi connectivity index (χ3n) is 3.71. The van der Waals surface area contributed by atoms with E-state index in [1.165, 1.54) is 5.56 Å². The van der Waals surface area contributed by atoms with Crippen LogP contribution in [-0.2, 0) is 6.54 Å². The first-order chi connectivity index (χ1) is 11.2. The van der Waals surface area contributed by atoms with Gasteiger partial charge in [0.2, 0.25) is 0 Å². The molecule has 3 heteroatoms. The summed E-state index contributed by atoms with van der Waals surface area (Å²) in [6.45, 7) is 2.64. The molecule has 0 aliphatic heterocycles. The Morgan fingerprint density at radius 1 is 1.00 bits per heavy atom. The second-order valence-corrected chi connectivity index (χ2v) is 5.42. The monoisotopic (exact) mass is 302 g/mol. The maximum absolute atomic E-state index is 12.5. The minimum Gasteiger partial charge on any atom is -0.366 e. The molecule has 0 unspecified atom stereocenters. The van der Waals surface area contributed by atoms with Crippen molar-refractivity contribution in [1.29, 1.82) is 0 Å². The lowest BCUT2D eigenvalue weighted by Crippen LogP contribution is -2.07. The van der Waals surface area contributed by atoms with Gasteiger partial charge in [0.15, 0.2) is 5.78 Å². The molecule has 1 heterocycles. The number of rotatable bonds is 5. The van der Waals surface area contributed by atoms with Gasteiger partial charge in [0.25, 0.3) is 0 Å². The number of hydrogen-bond donors (Lipinski definition) is 1. The first-order valence-corrected chi connectivity index (χ1v) is 7.58. The van der Waals surface area contributed by atoms with Crippen molar-refractivity contribution in [2.24, 2.45) is 0 Å². The van der Waals surface area contributed by atoms with E-state index in [1.54, 1.807) is 6.20 Å². The highest BCUT2D eigenvalue weighted by Crippen LogP contribution is 2.16. The standard InChI is InChI=1S/C20H18N2O/c1-15-12-19(21-13-16-8-4-2-5-9-16)22-14-18(15)20(23)17-10-6-3-7-11-17/h2-12,14H,13H2,1H3,(H,21,22). The Hall–Kier alpha value is -2.94. The lowest BCUT2D eigenvalue weighted by molar-refractivity contribution is 0.103. The van der Waals surface area contributed by atoms with Crippen LogP contribution in [0.1, 0.15) is 27.0 Å². The molecule has 0 atom stereocenters. The van der Waals surface area contributed by atoms with E-state index in [1.807, 2.05) is 61.5 Å². The van der Waals surface area contributed by atoms with Crippen molar-refractivity contribution in [2.75, 3.05) is 5.32 Å². The Morgan fingerprint density at radius 3 is 2.30 bits per heavy atom. The van der Waals surface area contributed by atoms with E-state index in [4.69, 9.17) is 0 Å². The number of benzene rings is 2. The SMILES string of the molecule is Cc1cc(NCc2ccccc2)ncc1C(=O)c1ccccc1. The minimum absolute atomic E-state index is 0.00482. The fraction of sp³-hybridized carbons (Fsp3) is 0.100. The fourth-order valence-electron chi connectivity index (χ4n) is 2.42. The molecule has 2 aromatic carbocycles. The lowest BCUT2D eigenvalue weighted by atomic mass is 10.0. The topological polar surface area (TPSA) is 42.0 Å².